The van der Waals surface area contributed by atoms with Crippen LogP contribution in [0.25, 0.3) is 11.4 Å². The number of carbonyl (C=O) groups excluding carboxylic acids is 2. The van der Waals surface area contributed by atoms with E-state index in [0.29, 0.717) is 31.9 Å². The molecule has 0 radical (unpaired) electrons. The van der Waals surface area contributed by atoms with Crippen molar-refractivity contribution in [3.63, 3.8) is 0 Å². The van der Waals surface area contributed by atoms with Gasteiger partial charge in [-0.05, 0) is 24.0 Å². The van der Waals surface area contributed by atoms with Crippen LogP contribution in [0.5, 0.6) is 0 Å². The quantitative estimate of drug-likeness (QED) is 0.816. The van der Waals surface area contributed by atoms with Crippen LogP contribution in [0.1, 0.15) is 42.5 Å². The Labute approximate surface area is 171 Å². The molecule has 2 aromatic heterocycles. The lowest BCUT2D eigenvalue weighted by molar-refractivity contribution is -0.124. The molecule has 8 nitrogen and oxygen atoms in total. The van der Waals surface area contributed by atoms with E-state index in [2.05, 4.69) is 20.2 Å². The zero-order valence-electron chi connectivity index (χ0n) is 17.7. The molecule has 2 N–H and O–H groups in total. The monoisotopic (exact) mass is 399 g/mol. The number of amides is 2. The third-order valence-electron chi connectivity index (χ3n) is 5.14. The molecule has 8 heteroatoms. The Bertz CT molecular complexity index is 914. The van der Waals surface area contributed by atoms with Crippen molar-refractivity contribution in [2.24, 2.45) is 5.41 Å². The number of likely N-dealkylation sites (N-methyl/N-ethyl adjacent to an activating group) is 1. The molecule has 0 saturated heterocycles. The fourth-order valence-electron chi connectivity index (χ4n) is 3.54. The van der Waals surface area contributed by atoms with Crippen LogP contribution in [-0.2, 0) is 22.5 Å². The molecule has 0 fully saturated rings. The molecular weight excluding hydrogens is 370 g/mol. The summed E-state index contributed by atoms with van der Waals surface area (Å²) in [6.07, 6.45) is 4.09. The van der Waals surface area contributed by atoms with Gasteiger partial charge in [0, 0.05) is 38.0 Å². The number of nitrogens with one attached hydrogen (secondary N) is 2. The zero-order valence-corrected chi connectivity index (χ0v) is 17.7. The highest BCUT2D eigenvalue weighted by Gasteiger charge is 2.34. The van der Waals surface area contributed by atoms with Crippen LogP contribution in [-0.4, -0.2) is 52.7 Å². The molecule has 1 atom stereocenters. The molecule has 2 aromatic rings. The Kier molecular flexibility index (Phi) is 6.02. The van der Waals surface area contributed by atoms with Crippen molar-refractivity contribution in [3.8, 4) is 11.4 Å². The number of hydrogen-bond donors (Lipinski definition) is 2. The van der Waals surface area contributed by atoms with Crippen molar-refractivity contribution in [3.05, 3.63) is 35.4 Å². The largest absolute Gasteiger partial charge is 0.379 e. The maximum atomic E-state index is 13.2. The third kappa shape index (κ3) is 4.32. The summed E-state index contributed by atoms with van der Waals surface area (Å²) in [6, 6.07) is 1.23. The third-order valence-corrected chi connectivity index (χ3v) is 5.14. The van der Waals surface area contributed by atoms with Gasteiger partial charge < -0.3 is 19.9 Å². The summed E-state index contributed by atoms with van der Waals surface area (Å²) in [7, 11) is 1.57. The molecule has 0 aromatic carbocycles. The van der Waals surface area contributed by atoms with Crippen molar-refractivity contribution in [2.75, 3.05) is 20.3 Å². The van der Waals surface area contributed by atoms with Gasteiger partial charge in [-0.2, -0.15) is 0 Å². The van der Waals surface area contributed by atoms with E-state index in [9.17, 15) is 9.59 Å². The number of aryl methyl sites for hydroxylation is 1. The summed E-state index contributed by atoms with van der Waals surface area (Å²) >= 11 is 0. The molecule has 1 aliphatic rings. The smallest absolute Gasteiger partial charge is 0.272 e. The molecule has 0 aliphatic carbocycles. The van der Waals surface area contributed by atoms with E-state index in [1.807, 2.05) is 33.8 Å². The topological polar surface area (TPSA) is 98.1 Å². The SMILES string of the molecule is CNC(=O)[C@@H](NC(=O)c1nc(-c2ccncc2C)n2c1CCOCC2)C(C)(C)C. The molecule has 2 amide bonds. The number of carbonyl (C=O) groups is 2. The predicted octanol–water partition coefficient (Wildman–Crippen LogP) is 1.72. The minimum atomic E-state index is -0.675. The first kappa shape index (κ1) is 21.0. The van der Waals surface area contributed by atoms with Gasteiger partial charge in [0.15, 0.2) is 0 Å². The first-order valence-electron chi connectivity index (χ1n) is 9.84. The van der Waals surface area contributed by atoms with Crippen LogP contribution in [0.15, 0.2) is 18.5 Å². The second-order valence-electron chi connectivity index (χ2n) is 8.32. The Morgan fingerprint density at radius 2 is 2.03 bits per heavy atom. The van der Waals surface area contributed by atoms with Gasteiger partial charge in [0.05, 0.1) is 18.9 Å². The van der Waals surface area contributed by atoms with Gasteiger partial charge in [-0.1, -0.05) is 20.8 Å². The summed E-state index contributed by atoms with van der Waals surface area (Å²) in [5.74, 6) is 0.143. The Morgan fingerprint density at radius 1 is 1.28 bits per heavy atom. The van der Waals surface area contributed by atoms with Crippen LogP contribution in [0.2, 0.25) is 0 Å². The van der Waals surface area contributed by atoms with Gasteiger partial charge in [0.2, 0.25) is 5.91 Å². The number of rotatable bonds is 4. The van der Waals surface area contributed by atoms with E-state index < -0.39 is 11.5 Å². The van der Waals surface area contributed by atoms with Crippen molar-refractivity contribution in [1.82, 2.24) is 25.2 Å². The van der Waals surface area contributed by atoms with Gasteiger partial charge in [-0.25, -0.2) is 4.98 Å². The van der Waals surface area contributed by atoms with E-state index in [0.717, 1.165) is 22.6 Å². The number of pyridine rings is 1. The number of fused-ring (bicyclic) bond motifs is 1. The molecule has 3 heterocycles. The van der Waals surface area contributed by atoms with Crippen molar-refractivity contribution in [2.45, 2.75) is 46.7 Å². The van der Waals surface area contributed by atoms with Crippen LogP contribution in [0.3, 0.4) is 0 Å². The summed E-state index contributed by atoms with van der Waals surface area (Å²) < 4.78 is 7.68. The van der Waals surface area contributed by atoms with Gasteiger partial charge >= 0.3 is 0 Å². The maximum absolute atomic E-state index is 13.2. The number of ether oxygens (including phenoxy) is 1. The lowest BCUT2D eigenvalue weighted by atomic mass is 9.86. The van der Waals surface area contributed by atoms with Crippen molar-refractivity contribution >= 4 is 11.8 Å². The molecule has 3 rings (SSSR count). The zero-order chi connectivity index (χ0) is 21.2. The highest BCUT2D eigenvalue weighted by atomic mass is 16.5. The van der Waals surface area contributed by atoms with E-state index >= 15 is 0 Å². The number of nitrogens with zero attached hydrogens (tertiary/aromatic N) is 3. The van der Waals surface area contributed by atoms with E-state index in [1.165, 1.54) is 0 Å². The second-order valence-corrected chi connectivity index (χ2v) is 8.32. The van der Waals surface area contributed by atoms with Gasteiger partial charge in [-0.15, -0.1) is 0 Å². The summed E-state index contributed by atoms with van der Waals surface area (Å²) in [5, 5.41) is 5.53. The average Bonchev–Trinajstić information content (AvgIpc) is 2.85. The number of hydrogen-bond acceptors (Lipinski definition) is 5. The second kappa shape index (κ2) is 8.32. The predicted molar refractivity (Wildman–Crippen MR) is 109 cm³/mol. The fourth-order valence-corrected chi connectivity index (χ4v) is 3.54. The van der Waals surface area contributed by atoms with Crippen molar-refractivity contribution in [1.29, 1.82) is 0 Å². The molecule has 0 spiro atoms. The lowest BCUT2D eigenvalue weighted by Gasteiger charge is -2.29. The highest BCUT2D eigenvalue weighted by Crippen LogP contribution is 2.27. The van der Waals surface area contributed by atoms with Gasteiger partial charge in [-0.3, -0.25) is 14.6 Å². The van der Waals surface area contributed by atoms with Gasteiger partial charge in [0.1, 0.15) is 17.6 Å². The van der Waals surface area contributed by atoms with Crippen LogP contribution in [0.4, 0.5) is 0 Å². The fraction of sp³-hybridized carbons (Fsp3) is 0.524. The van der Waals surface area contributed by atoms with Crippen LogP contribution >= 0.6 is 0 Å². The molecular formula is C21H29N5O3. The van der Waals surface area contributed by atoms with Crippen LogP contribution < -0.4 is 10.6 Å². The Morgan fingerprint density at radius 3 is 2.69 bits per heavy atom. The first-order chi connectivity index (χ1) is 13.7. The minimum Gasteiger partial charge on any atom is -0.379 e. The molecule has 1 aliphatic heterocycles. The molecule has 0 bridgehead atoms. The van der Waals surface area contributed by atoms with Crippen molar-refractivity contribution < 1.29 is 14.3 Å². The minimum absolute atomic E-state index is 0.232. The molecule has 156 valence electrons. The summed E-state index contributed by atoms with van der Waals surface area (Å²) in [6.45, 7) is 9.42. The van der Waals surface area contributed by atoms with Crippen LogP contribution in [0, 0.1) is 12.3 Å². The Hall–Kier alpha value is -2.74. The van der Waals surface area contributed by atoms with E-state index in [4.69, 9.17) is 9.72 Å². The van der Waals surface area contributed by atoms with E-state index in [1.54, 1.807) is 19.4 Å². The maximum Gasteiger partial charge on any atom is 0.272 e. The highest BCUT2D eigenvalue weighted by molar-refractivity contribution is 5.98. The number of imidazole rings is 1. The normalized spacial score (nSPS) is 15.2. The molecule has 0 unspecified atom stereocenters. The standard InChI is InChI=1S/C21H29N5O3/c1-13-12-23-8-6-14(13)18-24-16(15-7-10-29-11-9-26(15)18)19(27)25-17(20(28)22-5)21(2,3)4/h6,8,12,17H,7,9-11H2,1-5H3,(H,22,28)(H,25,27)/t17-/m1/s1. The van der Waals surface area contributed by atoms with E-state index in [-0.39, 0.29) is 11.8 Å². The summed E-state index contributed by atoms with van der Waals surface area (Å²) in [5.41, 5.74) is 2.65. The summed E-state index contributed by atoms with van der Waals surface area (Å²) in [4.78, 5) is 34.5. The molecule has 29 heavy (non-hydrogen) atoms. The average molecular weight is 399 g/mol. The Balaban J connectivity index is 2.04. The first-order valence-corrected chi connectivity index (χ1v) is 9.84. The number of aromatic nitrogens is 3. The molecule has 0 saturated carbocycles. The lowest BCUT2D eigenvalue weighted by Crippen LogP contribution is -2.53. The van der Waals surface area contributed by atoms with Gasteiger partial charge in [0.25, 0.3) is 5.91 Å².